The molecule has 0 aliphatic carbocycles. The van der Waals surface area contributed by atoms with E-state index in [1.165, 1.54) is 13.3 Å². The Hall–Kier alpha value is -2.16. The van der Waals surface area contributed by atoms with Crippen molar-refractivity contribution in [1.82, 2.24) is 19.6 Å². The molecule has 0 aromatic carbocycles. The van der Waals surface area contributed by atoms with Crippen molar-refractivity contribution in [1.29, 1.82) is 0 Å². The summed E-state index contributed by atoms with van der Waals surface area (Å²) in [7, 11) is 3.08. The van der Waals surface area contributed by atoms with E-state index in [-0.39, 0.29) is 6.54 Å². The standard InChI is InChI=1S/C12H14BrN5O3/c1-17-4-3-8(16-17)5-14-9-6-15-18(7-10(19)21-2)12(20)11(9)13/h3-4,6,14H,5,7H2,1-2H3. The monoisotopic (exact) mass is 355 g/mol. The second kappa shape index (κ2) is 6.53. The first kappa shape index (κ1) is 15.2. The molecular weight excluding hydrogens is 342 g/mol. The zero-order valence-electron chi connectivity index (χ0n) is 11.5. The highest BCUT2D eigenvalue weighted by Gasteiger charge is 2.11. The summed E-state index contributed by atoms with van der Waals surface area (Å²) in [6, 6.07) is 1.87. The lowest BCUT2D eigenvalue weighted by Gasteiger charge is -2.09. The average molecular weight is 356 g/mol. The molecular formula is C12H14BrN5O3. The highest BCUT2D eigenvalue weighted by molar-refractivity contribution is 9.10. The number of halogens is 1. The van der Waals surface area contributed by atoms with E-state index >= 15 is 0 Å². The molecule has 0 saturated carbocycles. The van der Waals surface area contributed by atoms with E-state index in [0.717, 1.165) is 10.4 Å². The van der Waals surface area contributed by atoms with E-state index in [4.69, 9.17) is 0 Å². The molecule has 0 amide bonds. The Kier molecular flexibility index (Phi) is 4.73. The van der Waals surface area contributed by atoms with Crippen LogP contribution in [0.1, 0.15) is 5.69 Å². The van der Waals surface area contributed by atoms with Gasteiger partial charge in [-0.25, -0.2) is 4.68 Å². The normalized spacial score (nSPS) is 10.4. The van der Waals surface area contributed by atoms with Gasteiger partial charge in [0.05, 0.1) is 31.2 Å². The number of aromatic nitrogens is 4. The van der Waals surface area contributed by atoms with Gasteiger partial charge in [0.15, 0.2) is 0 Å². The van der Waals surface area contributed by atoms with E-state index in [1.54, 1.807) is 4.68 Å². The summed E-state index contributed by atoms with van der Waals surface area (Å²) in [6.07, 6.45) is 3.30. The molecule has 2 rings (SSSR count). The average Bonchev–Trinajstić information content (AvgIpc) is 2.88. The molecule has 0 unspecified atom stereocenters. The van der Waals surface area contributed by atoms with Gasteiger partial charge < -0.3 is 10.1 Å². The summed E-state index contributed by atoms with van der Waals surface area (Å²) < 4.78 is 7.53. The lowest BCUT2D eigenvalue weighted by atomic mass is 10.4. The quantitative estimate of drug-likeness (QED) is 0.786. The zero-order chi connectivity index (χ0) is 15.4. The van der Waals surface area contributed by atoms with E-state index < -0.39 is 11.5 Å². The van der Waals surface area contributed by atoms with E-state index in [1.807, 2.05) is 19.3 Å². The largest absolute Gasteiger partial charge is 0.468 e. The minimum Gasteiger partial charge on any atom is -0.468 e. The molecule has 0 aliphatic heterocycles. The molecule has 0 spiro atoms. The number of carbonyl (C=O) groups is 1. The third-order valence-corrected chi connectivity index (χ3v) is 3.49. The minimum atomic E-state index is -0.536. The number of hydrogen-bond donors (Lipinski definition) is 1. The van der Waals surface area contributed by atoms with Crippen LogP contribution >= 0.6 is 15.9 Å². The number of anilines is 1. The summed E-state index contributed by atoms with van der Waals surface area (Å²) in [5.74, 6) is -0.536. The highest BCUT2D eigenvalue weighted by atomic mass is 79.9. The molecule has 8 nitrogen and oxygen atoms in total. The van der Waals surface area contributed by atoms with Crippen molar-refractivity contribution in [2.75, 3.05) is 12.4 Å². The van der Waals surface area contributed by atoms with Crippen molar-refractivity contribution in [3.05, 3.63) is 39.0 Å². The fourth-order valence-corrected chi connectivity index (χ4v) is 2.08. The number of hydrogen-bond acceptors (Lipinski definition) is 6. The number of carbonyl (C=O) groups excluding carboxylic acids is 1. The lowest BCUT2D eigenvalue weighted by Crippen LogP contribution is -2.28. The van der Waals surface area contributed by atoms with Crippen LogP contribution in [0.5, 0.6) is 0 Å². The predicted molar refractivity (Wildman–Crippen MR) is 78.7 cm³/mol. The molecule has 0 radical (unpaired) electrons. The molecule has 2 heterocycles. The lowest BCUT2D eigenvalue weighted by molar-refractivity contribution is -0.141. The molecule has 112 valence electrons. The first-order valence-corrected chi connectivity index (χ1v) is 6.85. The van der Waals surface area contributed by atoms with Gasteiger partial charge >= 0.3 is 5.97 Å². The molecule has 2 aromatic heterocycles. The van der Waals surface area contributed by atoms with Crippen LogP contribution in [0.3, 0.4) is 0 Å². The van der Waals surface area contributed by atoms with Gasteiger partial charge in [-0.1, -0.05) is 0 Å². The van der Waals surface area contributed by atoms with Crippen molar-refractivity contribution in [3.8, 4) is 0 Å². The second-order valence-corrected chi connectivity index (χ2v) is 5.04. The van der Waals surface area contributed by atoms with Crippen LogP contribution < -0.4 is 10.9 Å². The third kappa shape index (κ3) is 3.69. The maximum absolute atomic E-state index is 12.0. The number of nitrogens with one attached hydrogen (secondary N) is 1. The van der Waals surface area contributed by atoms with Gasteiger partial charge in [-0.3, -0.25) is 14.3 Å². The van der Waals surface area contributed by atoms with E-state index in [2.05, 4.69) is 36.2 Å². The van der Waals surface area contributed by atoms with Crippen LogP contribution in [0, 0.1) is 0 Å². The van der Waals surface area contributed by atoms with Gasteiger partial charge in [-0.15, -0.1) is 0 Å². The van der Waals surface area contributed by atoms with Gasteiger partial charge in [0.25, 0.3) is 5.56 Å². The molecule has 0 fully saturated rings. The summed E-state index contributed by atoms with van der Waals surface area (Å²) in [5.41, 5.74) is 0.960. The second-order valence-electron chi connectivity index (χ2n) is 4.25. The molecule has 21 heavy (non-hydrogen) atoms. The van der Waals surface area contributed by atoms with Crippen molar-refractivity contribution < 1.29 is 9.53 Å². The minimum absolute atomic E-state index is 0.228. The first-order valence-electron chi connectivity index (χ1n) is 6.06. The molecule has 1 N–H and O–H groups in total. The van der Waals surface area contributed by atoms with Crippen LogP contribution in [-0.4, -0.2) is 32.6 Å². The van der Waals surface area contributed by atoms with Gasteiger partial charge in [-0.05, 0) is 22.0 Å². The van der Waals surface area contributed by atoms with Gasteiger partial charge in [0.1, 0.15) is 11.0 Å². The first-order chi connectivity index (χ1) is 10.0. The molecule has 2 aromatic rings. The molecule has 0 saturated heterocycles. The summed E-state index contributed by atoms with van der Waals surface area (Å²) in [6.45, 7) is 0.232. The van der Waals surface area contributed by atoms with Gasteiger partial charge in [-0.2, -0.15) is 10.2 Å². The Bertz CT molecular complexity index is 709. The number of rotatable bonds is 5. The Balaban J connectivity index is 2.13. The number of methoxy groups -OCH3 is 1. The molecule has 9 heteroatoms. The van der Waals surface area contributed by atoms with Crippen LogP contribution in [0.4, 0.5) is 5.69 Å². The highest BCUT2D eigenvalue weighted by Crippen LogP contribution is 2.16. The van der Waals surface area contributed by atoms with Crippen LogP contribution in [0.25, 0.3) is 0 Å². The van der Waals surface area contributed by atoms with Gasteiger partial charge in [0, 0.05) is 13.2 Å². The van der Waals surface area contributed by atoms with E-state index in [9.17, 15) is 9.59 Å². The number of nitrogens with zero attached hydrogens (tertiary/aromatic N) is 4. The fraction of sp³-hybridized carbons (Fsp3) is 0.333. The zero-order valence-corrected chi connectivity index (χ0v) is 13.1. The Labute approximate surface area is 128 Å². The SMILES string of the molecule is COC(=O)Cn1ncc(NCc2ccn(C)n2)c(Br)c1=O. The summed E-state index contributed by atoms with van der Waals surface area (Å²) in [5, 5.41) is 11.2. The summed E-state index contributed by atoms with van der Waals surface area (Å²) >= 11 is 3.21. The van der Waals surface area contributed by atoms with Crippen LogP contribution in [-0.2, 0) is 29.7 Å². The number of ether oxygens (including phenoxy) is 1. The Morgan fingerprint density at radius 2 is 2.29 bits per heavy atom. The van der Waals surface area contributed by atoms with Crippen molar-refractivity contribution >= 4 is 27.6 Å². The Morgan fingerprint density at radius 3 is 2.90 bits per heavy atom. The van der Waals surface area contributed by atoms with Crippen molar-refractivity contribution in [3.63, 3.8) is 0 Å². The number of esters is 1. The maximum Gasteiger partial charge on any atom is 0.327 e. The van der Waals surface area contributed by atoms with Crippen LogP contribution in [0.15, 0.2) is 27.7 Å². The van der Waals surface area contributed by atoms with Crippen molar-refractivity contribution in [2.45, 2.75) is 13.1 Å². The molecule has 0 atom stereocenters. The van der Waals surface area contributed by atoms with E-state index in [0.29, 0.717) is 16.7 Å². The van der Waals surface area contributed by atoms with Gasteiger partial charge in [0.2, 0.25) is 0 Å². The molecule has 0 bridgehead atoms. The fourth-order valence-electron chi connectivity index (χ4n) is 1.63. The maximum atomic E-state index is 12.0. The summed E-state index contributed by atoms with van der Waals surface area (Å²) in [4.78, 5) is 23.2. The van der Waals surface area contributed by atoms with Crippen molar-refractivity contribution in [2.24, 2.45) is 7.05 Å². The van der Waals surface area contributed by atoms with Crippen LogP contribution in [0.2, 0.25) is 0 Å². The Morgan fingerprint density at radius 1 is 1.52 bits per heavy atom. The smallest absolute Gasteiger partial charge is 0.327 e. The topological polar surface area (TPSA) is 91.0 Å². The molecule has 0 aliphatic rings. The number of aryl methyl sites for hydroxylation is 1. The third-order valence-electron chi connectivity index (χ3n) is 2.72. The predicted octanol–water partition coefficient (Wildman–Crippen LogP) is 0.524.